The second-order valence-electron chi connectivity index (χ2n) is 3.71. The number of hydrogen-bond donors (Lipinski definition) is 1. The van der Waals surface area contributed by atoms with E-state index in [9.17, 15) is 9.59 Å². The van der Waals surface area contributed by atoms with E-state index in [2.05, 4.69) is 11.9 Å². The van der Waals surface area contributed by atoms with Gasteiger partial charge in [-0.2, -0.15) is 0 Å². The molecule has 0 saturated heterocycles. The molecule has 0 aliphatic heterocycles. The number of rotatable bonds is 6. The first-order valence-corrected chi connectivity index (χ1v) is 6.50. The maximum absolute atomic E-state index is 11.8. The van der Waals surface area contributed by atoms with Gasteiger partial charge in [0.15, 0.2) is 5.78 Å². The van der Waals surface area contributed by atoms with Gasteiger partial charge < -0.3 is 10.1 Å². The Bertz CT molecular complexity index is 477. The summed E-state index contributed by atoms with van der Waals surface area (Å²) in [5.74, 6) is -0.444. The van der Waals surface area contributed by atoms with Crippen LogP contribution in [-0.4, -0.2) is 24.9 Å². The lowest BCUT2D eigenvalue weighted by Crippen LogP contribution is -2.05. The van der Waals surface area contributed by atoms with Gasteiger partial charge in [0.25, 0.3) is 0 Å². The van der Waals surface area contributed by atoms with Crippen LogP contribution in [0.1, 0.15) is 39.4 Å². The molecule has 4 nitrogen and oxygen atoms in total. The highest BCUT2D eigenvalue weighted by atomic mass is 32.1. The fourth-order valence-corrected chi connectivity index (χ4v) is 2.77. The molecule has 0 saturated carbocycles. The van der Waals surface area contributed by atoms with E-state index >= 15 is 0 Å². The number of hydrogen-bond acceptors (Lipinski definition) is 5. The second kappa shape index (κ2) is 6.35. The zero-order chi connectivity index (χ0) is 13.7. The van der Waals surface area contributed by atoms with Crippen molar-refractivity contribution in [1.29, 1.82) is 0 Å². The van der Waals surface area contributed by atoms with Crippen LogP contribution in [0.5, 0.6) is 0 Å². The van der Waals surface area contributed by atoms with E-state index in [0.717, 1.165) is 0 Å². The normalized spacial score (nSPS) is 9.94. The van der Waals surface area contributed by atoms with Crippen molar-refractivity contribution < 1.29 is 14.3 Å². The maximum Gasteiger partial charge on any atom is 0.348 e. The van der Waals surface area contributed by atoms with E-state index in [-0.39, 0.29) is 11.8 Å². The number of carbonyl (C=O) groups excluding carboxylic acids is 2. The van der Waals surface area contributed by atoms with Crippen molar-refractivity contribution in [2.45, 2.75) is 20.8 Å². The highest BCUT2D eigenvalue weighted by Crippen LogP contribution is 2.33. The van der Waals surface area contributed by atoms with Crippen LogP contribution in [0.25, 0.3) is 0 Å². The Morgan fingerprint density at radius 3 is 2.67 bits per heavy atom. The molecule has 0 radical (unpaired) electrons. The van der Waals surface area contributed by atoms with Gasteiger partial charge in [0.05, 0.1) is 12.2 Å². The Hall–Kier alpha value is -1.62. The van der Waals surface area contributed by atoms with E-state index in [0.29, 0.717) is 34.2 Å². The summed E-state index contributed by atoms with van der Waals surface area (Å²) in [5, 5.41) is 3.77. The third-order valence-corrected chi connectivity index (χ3v) is 3.60. The Morgan fingerprint density at radius 2 is 2.17 bits per heavy atom. The first-order chi connectivity index (χ1) is 8.52. The number of Topliss-reactive ketones (excluding diaryl/α,β-unsaturated/α-hetero) is 1. The predicted octanol–water partition coefficient (Wildman–Crippen LogP) is 3.03. The van der Waals surface area contributed by atoms with Gasteiger partial charge in [0.1, 0.15) is 9.88 Å². The van der Waals surface area contributed by atoms with Gasteiger partial charge in [-0.05, 0) is 26.3 Å². The number of esters is 1. The quantitative estimate of drug-likeness (QED) is 0.489. The van der Waals surface area contributed by atoms with Crippen molar-refractivity contribution in [2.75, 3.05) is 18.5 Å². The van der Waals surface area contributed by atoms with Crippen LogP contribution in [0.2, 0.25) is 0 Å². The van der Waals surface area contributed by atoms with Crippen LogP contribution in [0.4, 0.5) is 5.00 Å². The summed E-state index contributed by atoms with van der Waals surface area (Å²) >= 11 is 1.25. The molecule has 5 heteroatoms. The zero-order valence-corrected chi connectivity index (χ0v) is 11.6. The predicted molar refractivity (Wildman–Crippen MR) is 73.7 cm³/mol. The molecular weight excluding hydrogens is 250 g/mol. The second-order valence-corrected chi connectivity index (χ2v) is 4.73. The highest BCUT2D eigenvalue weighted by Gasteiger charge is 2.22. The van der Waals surface area contributed by atoms with Crippen molar-refractivity contribution in [1.82, 2.24) is 0 Å². The molecule has 1 rings (SSSR count). The number of ketones is 1. The summed E-state index contributed by atoms with van der Waals surface area (Å²) in [5.41, 5.74) is 1.24. The molecule has 0 spiro atoms. The van der Waals surface area contributed by atoms with Crippen LogP contribution < -0.4 is 5.32 Å². The lowest BCUT2D eigenvalue weighted by molar-refractivity contribution is 0.0531. The molecule has 98 valence electrons. The molecule has 1 aromatic rings. The smallest absolute Gasteiger partial charge is 0.348 e. The number of thiophene rings is 1. The number of carbonyl (C=O) groups is 2. The molecule has 1 N–H and O–H groups in total. The van der Waals surface area contributed by atoms with E-state index in [4.69, 9.17) is 4.74 Å². The average molecular weight is 267 g/mol. The minimum atomic E-state index is -0.380. The van der Waals surface area contributed by atoms with Crippen LogP contribution in [0.3, 0.4) is 0 Å². The van der Waals surface area contributed by atoms with E-state index < -0.39 is 0 Å². The van der Waals surface area contributed by atoms with Gasteiger partial charge in [-0.15, -0.1) is 17.9 Å². The molecule has 0 bridgehead atoms. The maximum atomic E-state index is 11.8. The summed E-state index contributed by atoms with van der Waals surface area (Å²) in [4.78, 5) is 23.9. The van der Waals surface area contributed by atoms with E-state index in [1.54, 1.807) is 19.9 Å². The lowest BCUT2D eigenvalue weighted by Gasteiger charge is -2.02. The van der Waals surface area contributed by atoms with Gasteiger partial charge >= 0.3 is 5.97 Å². The highest BCUT2D eigenvalue weighted by molar-refractivity contribution is 7.18. The molecule has 18 heavy (non-hydrogen) atoms. The lowest BCUT2D eigenvalue weighted by atomic mass is 10.1. The SMILES string of the molecule is C=CCNc1sc(C(=O)OCC)c(C)c1C(C)=O. The monoisotopic (exact) mass is 267 g/mol. The first-order valence-electron chi connectivity index (χ1n) is 5.69. The van der Waals surface area contributed by atoms with Crippen LogP contribution in [-0.2, 0) is 4.74 Å². The molecule has 0 atom stereocenters. The van der Waals surface area contributed by atoms with Crippen molar-refractivity contribution >= 4 is 28.1 Å². The van der Waals surface area contributed by atoms with E-state index in [1.165, 1.54) is 18.3 Å². The van der Waals surface area contributed by atoms with Crippen molar-refractivity contribution in [2.24, 2.45) is 0 Å². The minimum Gasteiger partial charge on any atom is -0.462 e. The van der Waals surface area contributed by atoms with Crippen LogP contribution in [0.15, 0.2) is 12.7 Å². The topological polar surface area (TPSA) is 55.4 Å². The Kier molecular flexibility index (Phi) is 5.09. The summed E-state index contributed by atoms with van der Waals surface area (Å²) in [6.07, 6.45) is 1.70. The number of ether oxygens (including phenoxy) is 1. The van der Waals surface area contributed by atoms with Crippen LogP contribution >= 0.6 is 11.3 Å². The van der Waals surface area contributed by atoms with Gasteiger partial charge in [-0.3, -0.25) is 4.79 Å². The Labute approximate surface area is 111 Å². The van der Waals surface area contributed by atoms with E-state index in [1.807, 2.05) is 0 Å². The molecule has 0 unspecified atom stereocenters. The van der Waals surface area contributed by atoms with Gasteiger partial charge in [0, 0.05) is 6.54 Å². The first kappa shape index (κ1) is 14.4. The third-order valence-electron chi connectivity index (χ3n) is 2.37. The standard InChI is InChI=1S/C13H17NO3S/c1-5-7-14-12-10(9(4)15)8(3)11(18-12)13(16)17-6-2/h5,14H,1,6-7H2,2-4H3. The van der Waals surface area contributed by atoms with Gasteiger partial charge in [-0.1, -0.05) is 6.08 Å². The van der Waals surface area contributed by atoms with Gasteiger partial charge in [-0.25, -0.2) is 4.79 Å². The molecule has 0 aliphatic carbocycles. The van der Waals surface area contributed by atoms with Crippen molar-refractivity contribution in [3.8, 4) is 0 Å². The Balaban J connectivity index is 3.18. The zero-order valence-electron chi connectivity index (χ0n) is 10.8. The largest absolute Gasteiger partial charge is 0.462 e. The number of anilines is 1. The summed E-state index contributed by atoms with van der Waals surface area (Å²) < 4.78 is 4.97. The third kappa shape index (κ3) is 2.98. The number of nitrogens with one attached hydrogen (secondary N) is 1. The summed E-state index contributed by atoms with van der Waals surface area (Å²) in [6.45, 7) is 9.48. The summed E-state index contributed by atoms with van der Waals surface area (Å²) in [7, 11) is 0. The molecule has 1 heterocycles. The fourth-order valence-electron chi connectivity index (χ4n) is 1.62. The minimum absolute atomic E-state index is 0.0640. The van der Waals surface area contributed by atoms with Gasteiger partial charge in [0.2, 0.25) is 0 Å². The summed E-state index contributed by atoms with van der Waals surface area (Å²) in [6, 6.07) is 0. The molecule has 0 aromatic carbocycles. The molecule has 1 aromatic heterocycles. The molecule has 0 fully saturated rings. The van der Waals surface area contributed by atoms with Crippen LogP contribution in [0, 0.1) is 6.92 Å². The molecule has 0 aliphatic rings. The average Bonchev–Trinajstić information content (AvgIpc) is 2.64. The Morgan fingerprint density at radius 1 is 1.50 bits per heavy atom. The van der Waals surface area contributed by atoms with Crippen molar-refractivity contribution in [3.63, 3.8) is 0 Å². The molecular formula is C13H17NO3S. The molecule has 0 amide bonds. The van der Waals surface area contributed by atoms with Crippen molar-refractivity contribution in [3.05, 3.63) is 28.7 Å². The fraction of sp³-hybridized carbons (Fsp3) is 0.385.